The lowest BCUT2D eigenvalue weighted by atomic mass is 10.1. The van der Waals surface area contributed by atoms with E-state index in [2.05, 4.69) is 241 Å². The summed E-state index contributed by atoms with van der Waals surface area (Å²) in [4.78, 5) is 5.16. The summed E-state index contributed by atoms with van der Waals surface area (Å²) >= 11 is 0. The average Bonchev–Trinajstić information content (AvgIpc) is 4.13. The number of ether oxygens (including phenoxy) is 1. The number of hydrogen-bond donors (Lipinski definition) is 0. The minimum Gasteiger partial charge on any atom is -0.458 e. The molecule has 0 bridgehead atoms. The van der Waals surface area contributed by atoms with Crippen LogP contribution in [0.5, 0.6) is 11.5 Å². The molecule has 7 heteroatoms. The van der Waals surface area contributed by atoms with Crippen molar-refractivity contribution in [2.24, 2.45) is 0 Å². The lowest BCUT2D eigenvalue weighted by Gasteiger charge is -2.12. The molecule has 0 aliphatic carbocycles. The Labute approximate surface area is 384 Å². The summed E-state index contributed by atoms with van der Waals surface area (Å²) in [6.45, 7) is 0. The maximum Gasteiger partial charge on any atom is 0.269 e. The van der Waals surface area contributed by atoms with Gasteiger partial charge >= 0.3 is 0 Å². The minimum atomic E-state index is 0.718. The number of benzene rings is 9. The van der Waals surface area contributed by atoms with Crippen molar-refractivity contribution in [3.8, 4) is 40.1 Å². The molecule has 0 fully saturated rings. The van der Waals surface area contributed by atoms with Gasteiger partial charge in [-0.2, -0.15) is 0 Å². The van der Waals surface area contributed by atoms with Crippen LogP contribution in [0, 0.1) is 6.33 Å². The molecule has 0 unspecified atom stereocenters. The summed E-state index contributed by atoms with van der Waals surface area (Å²) in [5, 5.41) is 6.96. The van der Waals surface area contributed by atoms with E-state index in [1.54, 1.807) is 0 Å². The Balaban J connectivity index is 0.886. The normalized spacial score (nSPS) is 11.9. The Bertz CT molecular complexity index is 4250. The fraction of sp³-hybridized carbons (Fsp3) is 0. The predicted octanol–water partition coefficient (Wildman–Crippen LogP) is 14.2. The highest BCUT2D eigenvalue weighted by Gasteiger charge is 2.21. The van der Waals surface area contributed by atoms with Crippen molar-refractivity contribution >= 4 is 76.5 Å². The zero-order valence-corrected chi connectivity index (χ0v) is 36.0. The summed E-state index contributed by atoms with van der Waals surface area (Å²) in [7, 11) is 0. The lowest BCUT2D eigenvalue weighted by Crippen LogP contribution is -2.30. The number of pyridine rings is 1. The van der Waals surface area contributed by atoms with E-state index in [9.17, 15) is 0 Å². The van der Waals surface area contributed by atoms with Crippen LogP contribution in [0.15, 0.2) is 231 Å². The molecule has 0 amide bonds. The van der Waals surface area contributed by atoms with E-state index in [0.29, 0.717) is 0 Å². The first-order valence-corrected chi connectivity index (χ1v) is 22.5. The number of imidazole rings is 1. The van der Waals surface area contributed by atoms with Crippen molar-refractivity contribution in [1.29, 1.82) is 0 Å². The van der Waals surface area contributed by atoms with Crippen LogP contribution in [-0.2, 0) is 0 Å². The van der Waals surface area contributed by atoms with Gasteiger partial charge in [0.1, 0.15) is 17.3 Å². The molecule has 0 atom stereocenters. The monoisotopic (exact) mass is 858 g/mol. The lowest BCUT2D eigenvalue weighted by molar-refractivity contribution is -0.571. The van der Waals surface area contributed by atoms with E-state index in [0.717, 1.165) is 100 Å². The van der Waals surface area contributed by atoms with Gasteiger partial charge in [-0.25, -0.2) is 4.98 Å². The maximum atomic E-state index is 6.81. The zero-order valence-electron chi connectivity index (χ0n) is 36.0. The topological polar surface area (TPSA) is 45.7 Å². The van der Waals surface area contributed by atoms with Crippen LogP contribution in [0.2, 0.25) is 0 Å². The molecule has 5 heterocycles. The maximum absolute atomic E-state index is 6.81. The van der Waals surface area contributed by atoms with Gasteiger partial charge in [-0.1, -0.05) is 133 Å². The molecule has 14 rings (SSSR count). The molecule has 14 aromatic rings. The second-order valence-corrected chi connectivity index (χ2v) is 17.0. The number of nitrogens with zero attached hydrogens (tertiary/aromatic N) is 6. The predicted molar refractivity (Wildman–Crippen MR) is 271 cm³/mol. The van der Waals surface area contributed by atoms with Crippen molar-refractivity contribution in [1.82, 2.24) is 23.3 Å². The first-order valence-electron chi connectivity index (χ1n) is 22.5. The molecular formula is C60H38N6O. The van der Waals surface area contributed by atoms with Crippen LogP contribution in [0.4, 0.5) is 0 Å². The Kier molecular flexibility index (Phi) is 8.15. The van der Waals surface area contributed by atoms with Crippen LogP contribution in [-0.4, -0.2) is 23.3 Å². The van der Waals surface area contributed by atoms with Gasteiger partial charge in [0.25, 0.3) is 6.33 Å². The van der Waals surface area contributed by atoms with Crippen molar-refractivity contribution in [3.05, 3.63) is 237 Å². The summed E-state index contributed by atoms with van der Waals surface area (Å²) < 4.78 is 18.1. The third kappa shape index (κ3) is 5.71. The fourth-order valence-electron chi connectivity index (χ4n) is 10.4. The molecule has 5 aromatic heterocycles. The molecule has 0 saturated carbocycles. The van der Waals surface area contributed by atoms with Crippen LogP contribution >= 0.6 is 0 Å². The molecule has 0 radical (unpaired) electrons. The standard InChI is InChI=1S/C60H38N6O/c1-3-17-40(18-4-1)64-51-27-10-9-25-47(51)50-38-61-59(37-58(50)64)66-53-29-12-7-23-45(53)48-34-33-44(36-57(48)66)67-43-22-15-21-42(35-43)62-39-63(55-31-14-13-30-54(55)62)56-32-16-26-49-46-24-8-11-28-52(46)65(60(49)56)41-19-5-2-6-20-41/h1-38H. The molecule has 9 aromatic carbocycles. The van der Waals surface area contributed by atoms with E-state index in [1.807, 2.05) is 18.3 Å². The molecule has 67 heavy (non-hydrogen) atoms. The minimum absolute atomic E-state index is 0.718. The SMILES string of the molecule is [c-]1n(-c2cccc(Oc3ccc4c5ccccc5n(-c5cc6c(cn5)c5ccccc5n6-c5ccccc5)c4c3)c2)c2ccccc2[n+]1-c1cccc2c3ccccc3n(-c3ccccc3)c12. The summed E-state index contributed by atoms with van der Waals surface area (Å²) in [5.41, 5.74) is 12.9. The summed E-state index contributed by atoms with van der Waals surface area (Å²) in [6.07, 6.45) is 5.80. The van der Waals surface area contributed by atoms with Crippen LogP contribution in [0.3, 0.4) is 0 Å². The van der Waals surface area contributed by atoms with Crippen LogP contribution in [0.25, 0.3) is 105 Å². The Morgan fingerprint density at radius 2 is 0.910 bits per heavy atom. The van der Waals surface area contributed by atoms with Crippen molar-refractivity contribution < 1.29 is 9.30 Å². The van der Waals surface area contributed by atoms with Crippen LogP contribution < -0.4 is 9.30 Å². The molecule has 314 valence electrons. The Morgan fingerprint density at radius 3 is 1.67 bits per heavy atom. The van der Waals surface area contributed by atoms with Gasteiger partial charge in [-0.15, -0.1) is 0 Å². The number of fused-ring (bicyclic) bond motifs is 10. The molecule has 0 N–H and O–H groups in total. The highest BCUT2D eigenvalue weighted by molar-refractivity contribution is 6.13. The van der Waals surface area contributed by atoms with Crippen molar-refractivity contribution in [2.75, 3.05) is 0 Å². The second-order valence-electron chi connectivity index (χ2n) is 17.0. The summed E-state index contributed by atoms with van der Waals surface area (Å²) in [6, 6.07) is 78.8. The van der Waals surface area contributed by atoms with E-state index in [4.69, 9.17) is 9.72 Å². The Hall–Kier alpha value is -9.20. The second kappa shape index (κ2) is 14.7. The molecule has 0 spiro atoms. The number of hydrogen-bond acceptors (Lipinski definition) is 2. The molecule has 0 aliphatic rings. The van der Waals surface area contributed by atoms with Gasteiger partial charge in [0.15, 0.2) is 0 Å². The van der Waals surface area contributed by atoms with Gasteiger partial charge in [0.05, 0.1) is 55.5 Å². The number of aromatic nitrogens is 6. The first-order chi connectivity index (χ1) is 33.2. The average molecular weight is 859 g/mol. The highest BCUT2D eigenvalue weighted by atomic mass is 16.5. The quantitative estimate of drug-likeness (QED) is 0.118. The van der Waals surface area contributed by atoms with Gasteiger partial charge in [0.2, 0.25) is 0 Å². The van der Waals surface area contributed by atoms with Gasteiger partial charge in [-0.05, 0) is 78.9 Å². The zero-order chi connectivity index (χ0) is 44.0. The third-order valence-electron chi connectivity index (χ3n) is 13.2. The third-order valence-corrected chi connectivity index (χ3v) is 13.2. The largest absolute Gasteiger partial charge is 0.458 e. The van der Waals surface area contributed by atoms with E-state index < -0.39 is 0 Å². The molecule has 0 aliphatic heterocycles. The number of para-hydroxylation sites is 8. The smallest absolute Gasteiger partial charge is 0.269 e. The molecule has 7 nitrogen and oxygen atoms in total. The molecule has 0 saturated heterocycles. The van der Waals surface area contributed by atoms with E-state index in [1.165, 1.54) is 16.2 Å². The number of rotatable bonds is 7. The summed E-state index contributed by atoms with van der Waals surface area (Å²) in [5.74, 6) is 2.28. The van der Waals surface area contributed by atoms with E-state index in [-0.39, 0.29) is 0 Å². The van der Waals surface area contributed by atoms with Crippen LogP contribution in [0.1, 0.15) is 0 Å². The van der Waals surface area contributed by atoms with E-state index >= 15 is 0 Å². The molecular weight excluding hydrogens is 821 g/mol. The van der Waals surface area contributed by atoms with Gasteiger partial charge in [-0.3, -0.25) is 13.7 Å². The van der Waals surface area contributed by atoms with Crippen molar-refractivity contribution in [2.45, 2.75) is 0 Å². The fourth-order valence-corrected chi connectivity index (χ4v) is 10.4. The Morgan fingerprint density at radius 1 is 0.373 bits per heavy atom. The first kappa shape index (κ1) is 37.2. The van der Waals surface area contributed by atoms with Gasteiger partial charge in [0, 0.05) is 62.0 Å². The van der Waals surface area contributed by atoms with Gasteiger partial charge < -0.3 is 13.9 Å². The highest BCUT2D eigenvalue weighted by Crippen LogP contribution is 2.39. The van der Waals surface area contributed by atoms with Crippen molar-refractivity contribution in [3.63, 3.8) is 0 Å².